The lowest BCUT2D eigenvalue weighted by Gasteiger charge is -2.18. The minimum absolute atomic E-state index is 0.246. The van der Waals surface area contributed by atoms with Gasteiger partial charge in [0.15, 0.2) is 0 Å². The SMILES string of the molecule is CCS(=O)(=O)CCCC(CNC1CC1)c1ccc(Br)cc1. The zero-order valence-corrected chi connectivity index (χ0v) is 14.9. The third kappa shape index (κ3) is 6.09. The Labute approximate surface area is 136 Å². The Morgan fingerprint density at radius 3 is 2.52 bits per heavy atom. The van der Waals surface area contributed by atoms with Crippen LogP contribution in [0.15, 0.2) is 28.7 Å². The first-order chi connectivity index (χ1) is 10.00. The standard InChI is InChI=1S/C16H24BrNO2S/c1-2-21(19,20)11-3-4-14(12-18-16-9-10-16)13-5-7-15(17)8-6-13/h5-8,14,16,18H,2-4,9-12H2,1H3. The molecular weight excluding hydrogens is 350 g/mol. The number of sulfone groups is 1. The van der Waals surface area contributed by atoms with Gasteiger partial charge in [0.1, 0.15) is 9.84 Å². The lowest BCUT2D eigenvalue weighted by molar-refractivity contribution is 0.537. The van der Waals surface area contributed by atoms with Crippen LogP contribution in [0.2, 0.25) is 0 Å². The Balaban J connectivity index is 1.92. The monoisotopic (exact) mass is 373 g/mol. The van der Waals surface area contributed by atoms with Gasteiger partial charge in [-0.15, -0.1) is 0 Å². The number of hydrogen-bond donors (Lipinski definition) is 1. The normalized spacial score (nSPS) is 16.9. The van der Waals surface area contributed by atoms with Crippen molar-refractivity contribution in [2.75, 3.05) is 18.1 Å². The summed E-state index contributed by atoms with van der Waals surface area (Å²) in [5, 5.41) is 3.57. The Morgan fingerprint density at radius 2 is 1.95 bits per heavy atom. The average molecular weight is 374 g/mol. The van der Waals surface area contributed by atoms with Crippen LogP contribution in [0.4, 0.5) is 0 Å². The van der Waals surface area contributed by atoms with E-state index in [1.165, 1.54) is 18.4 Å². The van der Waals surface area contributed by atoms with E-state index in [0.29, 0.717) is 17.7 Å². The summed E-state index contributed by atoms with van der Waals surface area (Å²) in [5.74, 6) is 0.946. The summed E-state index contributed by atoms with van der Waals surface area (Å²) < 4.78 is 24.3. The fourth-order valence-electron chi connectivity index (χ4n) is 2.41. The van der Waals surface area contributed by atoms with E-state index in [0.717, 1.165) is 23.9 Å². The maximum Gasteiger partial charge on any atom is 0.150 e. The maximum absolute atomic E-state index is 11.6. The van der Waals surface area contributed by atoms with Gasteiger partial charge in [-0.2, -0.15) is 0 Å². The highest BCUT2D eigenvalue weighted by Crippen LogP contribution is 2.25. The van der Waals surface area contributed by atoms with E-state index >= 15 is 0 Å². The lowest BCUT2D eigenvalue weighted by Crippen LogP contribution is -2.24. The quantitative estimate of drug-likeness (QED) is 0.720. The summed E-state index contributed by atoms with van der Waals surface area (Å²) in [6, 6.07) is 9.07. The fourth-order valence-corrected chi connectivity index (χ4v) is 3.57. The molecule has 1 atom stereocenters. The van der Waals surface area contributed by atoms with Crippen molar-refractivity contribution in [3.05, 3.63) is 34.3 Å². The van der Waals surface area contributed by atoms with Crippen molar-refractivity contribution in [1.82, 2.24) is 5.32 Å². The molecule has 2 rings (SSSR count). The summed E-state index contributed by atoms with van der Waals surface area (Å²) in [6.07, 6.45) is 4.21. The highest BCUT2D eigenvalue weighted by Gasteiger charge is 2.22. The minimum Gasteiger partial charge on any atom is -0.313 e. The molecule has 1 saturated carbocycles. The van der Waals surface area contributed by atoms with E-state index in [1.807, 2.05) is 0 Å². The Kier molecular flexibility index (Phi) is 6.26. The highest BCUT2D eigenvalue weighted by molar-refractivity contribution is 9.10. The van der Waals surface area contributed by atoms with E-state index in [9.17, 15) is 8.42 Å². The number of nitrogens with one attached hydrogen (secondary N) is 1. The van der Waals surface area contributed by atoms with Crippen LogP contribution in [0.1, 0.15) is 44.1 Å². The van der Waals surface area contributed by atoms with Crippen molar-refractivity contribution in [1.29, 1.82) is 0 Å². The molecule has 0 bridgehead atoms. The minimum atomic E-state index is -2.85. The van der Waals surface area contributed by atoms with Gasteiger partial charge in [0.05, 0.1) is 5.75 Å². The largest absolute Gasteiger partial charge is 0.313 e. The molecule has 1 aromatic carbocycles. The van der Waals surface area contributed by atoms with E-state index in [-0.39, 0.29) is 5.75 Å². The van der Waals surface area contributed by atoms with Crippen molar-refractivity contribution in [2.24, 2.45) is 0 Å². The molecule has 0 heterocycles. The van der Waals surface area contributed by atoms with Crippen LogP contribution in [-0.2, 0) is 9.84 Å². The van der Waals surface area contributed by atoms with Crippen molar-refractivity contribution >= 4 is 25.8 Å². The second-order valence-electron chi connectivity index (χ2n) is 5.81. The molecule has 0 saturated heterocycles. The molecule has 0 radical (unpaired) electrons. The smallest absolute Gasteiger partial charge is 0.150 e. The van der Waals surface area contributed by atoms with Crippen molar-refractivity contribution in [3.63, 3.8) is 0 Å². The van der Waals surface area contributed by atoms with E-state index in [2.05, 4.69) is 45.5 Å². The van der Waals surface area contributed by atoms with Crippen LogP contribution >= 0.6 is 15.9 Å². The highest BCUT2D eigenvalue weighted by atomic mass is 79.9. The summed E-state index contributed by atoms with van der Waals surface area (Å²) in [4.78, 5) is 0. The van der Waals surface area contributed by atoms with Crippen LogP contribution in [0, 0.1) is 0 Å². The molecule has 0 amide bonds. The van der Waals surface area contributed by atoms with Crippen molar-refractivity contribution in [2.45, 2.75) is 44.6 Å². The number of rotatable bonds is 9. The zero-order valence-electron chi connectivity index (χ0n) is 12.5. The Morgan fingerprint density at radius 1 is 1.29 bits per heavy atom. The average Bonchev–Trinajstić information content (AvgIpc) is 3.28. The molecule has 1 N–H and O–H groups in total. The fraction of sp³-hybridized carbons (Fsp3) is 0.625. The van der Waals surface area contributed by atoms with Gasteiger partial charge in [-0.25, -0.2) is 8.42 Å². The van der Waals surface area contributed by atoms with E-state index in [1.54, 1.807) is 6.92 Å². The van der Waals surface area contributed by atoms with Gasteiger partial charge in [-0.05, 0) is 49.3 Å². The summed E-state index contributed by atoms with van der Waals surface area (Å²) in [7, 11) is -2.85. The van der Waals surface area contributed by atoms with Crippen molar-refractivity contribution < 1.29 is 8.42 Å². The Hall–Kier alpha value is -0.390. The van der Waals surface area contributed by atoms with Crippen LogP contribution in [-0.4, -0.2) is 32.5 Å². The van der Waals surface area contributed by atoms with Gasteiger partial charge in [0.2, 0.25) is 0 Å². The van der Waals surface area contributed by atoms with Gasteiger partial charge in [0.25, 0.3) is 0 Å². The first kappa shape index (κ1) is 17.0. The molecule has 1 fully saturated rings. The topological polar surface area (TPSA) is 46.2 Å². The van der Waals surface area contributed by atoms with Crippen LogP contribution in [0.3, 0.4) is 0 Å². The molecule has 0 aromatic heterocycles. The second-order valence-corrected chi connectivity index (χ2v) is 9.20. The third-order valence-corrected chi connectivity index (χ3v) is 6.34. The first-order valence-electron chi connectivity index (χ1n) is 7.69. The summed E-state index contributed by atoms with van der Waals surface area (Å²) in [5.41, 5.74) is 1.29. The van der Waals surface area contributed by atoms with Crippen LogP contribution < -0.4 is 5.32 Å². The molecule has 3 nitrogen and oxygen atoms in total. The van der Waals surface area contributed by atoms with E-state index in [4.69, 9.17) is 0 Å². The summed E-state index contributed by atoms with van der Waals surface area (Å²) in [6.45, 7) is 2.66. The lowest BCUT2D eigenvalue weighted by atomic mass is 9.94. The molecule has 5 heteroatoms. The summed E-state index contributed by atoms with van der Waals surface area (Å²) >= 11 is 3.46. The number of halogens is 1. The third-order valence-electron chi connectivity index (χ3n) is 4.02. The maximum atomic E-state index is 11.6. The molecule has 0 aliphatic heterocycles. The van der Waals surface area contributed by atoms with Gasteiger partial charge < -0.3 is 5.32 Å². The van der Waals surface area contributed by atoms with Gasteiger partial charge in [0, 0.05) is 22.8 Å². The second kappa shape index (κ2) is 7.75. The number of benzene rings is 1. The Bertz CT molecular complexity index is 538. The van der Waals surface area contributed by atoms with Crippen molar-refractivity contribution in [3.8, 4) is 0 Å². The molecule has 1 unspecified atom stereocenters. The molecule has 0 spiro atoms. The molecule has 1 aliphatic carbocycles. The predicted molar refractivity (Wildman–Crippen MR) is 91.5 cm³/mol. The van der Waals surface area contributed by atoms with Crippen LogP contribution in [0.5, 0.6) is 0 Å². The van der Waals surface area contributed by atoms with Gasteiger partial charge in [-0.1, -0.05) is 35.0 Å². The van der Waals surface area contributed by atoms with E-state index < -0.39 is 9.84 Å². The predicted octanol–water partition coefficient (Wildman–Crippen LogP) is 3.50. The van der Waals surface area contributed by atoms with Crippen LogP contribution in [0.25, 0.3) is 0 Å². The molecular formula is C16H24BrNO2S. The van der Waals surface area contributed by atoms with Gasteiger partial charge >= 0.3 is 0 Å². The molecule has 21 heavy (non-hydrogen) atoms. The zero-order chi connectivity index (χ0) is 15.3. The van der Waals surface area contributed by atoms with Gasteiger partial charge in [-0.3, -0.25) is 0 Å². The first-order valence-corrected chi connectivity index (χ1v) is 10.3. The number of hydrogen-bond acceptors (Lipinski definition) is 3. The molecule has 118 valence electrons. The molecule has 1 aliphatic rings. The molecule has 1 aromatic rings.